The van der Waals surface area contributed by atoms with Crippen LogP contribution in [-0.4, -0.2) is 51.5 Å². The number of rotatable bonds is 8. The van der Waals surface area contributed by atoms with Crippen LogP contribution in [0.5, 0.6) is 5.75 Å². The molecule has 1 aliphatic heterocycles. The van der Waals surface area contributed by atoms with Gasteiger partial charge in [0.25, 0.3) is 0 Å². The highest BCUT2D eigenvalue weighted by molar-refractivity contribution is 7.99. The lowest BCUT2D eigenvalue weighted by atomic mass is 10.1. The van der Waals surface area contributed by atoms with E-state index in [0.29, 0.717) is 23.1 Å². The quantitative estimate of drug-likeness (QED) is 0.515. The van der Waals surface area contributed by atoms with Crippen molar-refractivity contribution in [2.75, 3.05) is 31.3 Å². The molecule has 2 aromatic carbocycles. The molecule has 0 spiro atoms. The molecule has 168 valence electrons. The van der Waals surface area contributed by atoms with Gasteiger partial charge < -0.3 is 10.1 Å². The minimum atomic E-state index is -0.301. The SMILES string of the molecule is COc1ccccc1NC(=O)CSc1nnc(CN2CCCCC2)n1-c1ccc(F)cc1. The molecule has 4 rings (SSSR count). The maximum Gasteiger partial charge on any atom is 0.234 e. The third kappa shape index (κ3) is 5.46. The second kappa shape index (κ2) is 10.6. The van der Waals surface area contributed by atoms with Crippen LogP contribution >= 0.6 is 11.8 Å². The topological polar surface area (TPSA) is 72.3 Å². The van der Waals surface area contributed by atoms with Crippen molar-refractivity contribution in [2.24, 2.45) is 0 Å². The molecule has 1 fully saturated rings. The van der Waals surface area contributed by atoms with Gasteiger partial charge in [-0.15, -0.1) is 10.2 Å². The summed E-state index contributed by atoms with van der Waals surface area (Å²) in [5.74, 6) is 1.06. The molecule has 7 nitrogen and oxygen atoms in total. The summed E-state index contributed by atoms with van der Waals surface area (Å²) < 4.78 is 20.7. The Morgan fingerprint density at radius 2 is 1.84 bits per heavy atom. The number of anilines is 1. The first-order valence-electron chi connectivity index (χ1n) is 10.6. The van der Waals surface area contributed by atoms with E-state index in [-0.39, 0.29) is 17.5 Å². The van der Waals surface area contributed by atoms with E-state index >= 15 is 0 Å². The summed E-state index contributed by atoms with van der Waals surface area (Å²) in [6.07, 6.45) is 3.61. The van der Waals surface area contributed by atoms with Crippen LogP contribution in [0.1, 0.15) is 25.1 Å². The molecule has 9 heteroatoms. The molecule has 0 bridgehead atoms. The Hall–Kier alpha value is -2.91. The molecule has 0 aliphatic carbocycles. The largest absolute Gasteiger partial charge is 0.495 e. The number of ether oxygens (including phenoxy) is 1. The molecular formula is C23H26FN5O2S. The standard InChI is InChI=1S/C23H26FN5O2S/c1-31-20-8-4-3-7-19(20)25-22(30)16-32-23-27-26-21(15-28-13-5-2-6-14-28)29(23)18-11-9-17(24)10-12-18/h3-4,7-12H,2,5-6,13-16H2,1H3,(H,25,30). The number of hydrogen-bond acceptors (Lipinski definition) is 6. The number of para-hydroxylation sites is 2. The summed E-state index contributed by atoms with van der Waals surface area (Å²) in [5.41, 5.74) is 1.39. The van der Waals surface area contributed by atoms with Crippen LogP contribution < -0.4 is 10.1 Å². The Bertz CT molecular complexity index is 1050. The number of carbonyl (C=O) groups excluding carboxylic acids is 1. The number of amides is 1. The van der Waals surface area contributed by atoms with Crippen LogP contribution in [0.25, 0.3) is 5.69 Å². The van der Waals surface area contributed by atoms with Crippen molar-refractivity contribution < 1.29 is 13.9 Å². The number of likely N-dealkylation sites (tertiary alicyclic amines) is 1. The molecule has 1 saturated heterocycles. The summed E-state index contributed by atoms with van der Waals surface area (Å²) >= 11 is 1.29. The third-order valence-corrected chi connectivity index (χ3v) is 6.24. The van der Waals surface area contributed by atoms with Crippen molar-refractivity contribution in [1.29, 1.82) is 0 Å². The monoisotopic (exact) mass is 455 g/mol. The second-order valence-corrected chi connectivity index (χ2v) is 8.53. The average molecular weight is 456 g/mol. The minimum absolute atomic E-state index is 0.154. The fraction of sp³-hybridized carbons (Fsp3) is 0.348. The molecule has 1 aromatic heterocycles. The van der Waals surface area contributed by atoms with Crippen LogP contribution in [0, 0.1) is 5.82 Å². The number of nitrogens with one attached hydrogen (secondary N) is 1. The Morgan fingerprint density at radius 1 is 1.09 bits per heavy atom. The molecule has 0 atom stereocenters. The fourth-order valence-electron chi connectivity index (χ4n) is 3.73. The van der Waals surface area contributed by atoms with Gasteiger partial charge in [-0.3, -0.25) is 14.3 Å². The molecule has 1 aliphatic rings. The van der Waals surface area contributed by atoms with E-state index < -0.39 is 0 Å². The van der Waals surface area contributed by atoms with E-state index in [4.69, 9.17) is 4.74 Å². The van der Waals surface area contributed by atoms with Crippen molar-refractivity contribution in [2.45, 2.75) is 31.0 Å². The lowest BCUT2D eigenvalue weighted by molar-refractivity contribution is -0.113. The van der Waals surface area contributed by atoms with Crippen molar-refractivity contribution in [3.05, 3.63) is 60.2 Å². The Kier molecular flexibility index (Phi) is 7.39. The molecule has 0 unspecified atom stereocenters. The van der Waals surface area contributed by atoms with Gasteiger partial charge in [0.2, 0.25) is 5.91 Å². The Labute approximate surface area is 191 Å². The number of piperidine rings is 1. The van der Waals surface area contributed by atoms with E-state index in [9.17, 15) is 9.18 Å². The van der Waals surface area contributed by atoms with Gasteiger partial charge in [-0.2, -0.15) is 0 Å². The highest BCUT2D eigenvalue weighted by Gasteiger charge is 2.20. The number of halogens is 1. The summed E-state index contributed by atoms with van der Waals surface area (Å²) in [7, 11) is 1.56. The summed E-state index contributed by atoms with van der Waals surface area (Å²) in [6.45, 7) is 2.72. The lowest BCUT2D eigenvalue weighted by Gasteiger charge is -2.26. The van der Waals surface area contributed by atoms with Crippen molar-refractivity contribution in [3.8, 4) is 11.4 Å². The first kappa shape index (κ1) is 22.3. The van der Waals surface area contributed by atoms with Gasteiger partial charge in [-0.05, 0) is 62.3 Å². The second-order valence-electron chi connectivity index (χ2n) is 7.58. The van der Waals surface area contributed by atoms with Gasteiger partial charge in [0, 0.05) is 5.69 Å². The van der Waals surface area contributed by atoms with Crippen molar-refractivity contribution in [1.82, 2.24) is 19.7 Å². The fourth-order valence-corrected chi connectivity index (χ4v) is 4.50. The molecule has 3 aromatic rings. The van der Waals surface area contributed by atoms with Crippen LogP contribution in [0.15, 0.2) is 53.7 Å². The molecule has 0 radical (unpaired) electrons. The normalized spacial score (nSPS) is 14.3. The average Bonchev–Trinajstić information content (AvgIpc) is 3.21. The predicted molar refractivity (Wildman–Crippen MR) is 123 cm³/mol. The van der Waals surface area contributed by atoms with Gasteiger partial charge in [-0.25, -0.2) is 4.39 Å². The van der Waals surface area contributed by atoms with Crippen LogP contribution in [0.2, 0.25) is 0 Å². The Morgan fingerprint density at radius 3 is 2.59 bits per heavy atom. The number of aromatic nitrogens is 3. The third-order valence-electron chi connectivity index (χ3n) is 5.31. The highest BCUT2D eigenvalue weighted by atomic mass is 32.2. The first-order chi connectivity index (χ1) is 15.6. The van der Waals surface area contributed by atoms with Crippen LogP contribution in [0.4, 0.5) is 10.1 Å². The minimum Gasteiger partial charge on any atom is -0.495 e. The van der Waals surface area contributed by atoms with Gasteiger partial charge >= 0.3 is 0 Å². The zero-order chi connectivity index (χ0) is 22.3. The lowest BCUT2D eigenvalue weighted by Crippen LogP contribution is -2.30. The van der Waals surface area contributed by atoms with Gasteiger partial charge in [-0.1, -0.05) is 30.3 Å². The van der Waals surface area contributed by atoms with Crippen LogP contribution in [0.3, 0.4) is 0 Å². The summed E-state index contributed by atoms with van der Waals surface area (Å²) in [5, 5.41) is 12.2. The Balaban J connectivity index is 1.51. The van der Waals surface area contributed by atoms with Gasteiger partial charge in [0.1, 0.15) is 11.6 Å². The number of thioether (sulfide) groups is 1. The van der Waals surface area contributed by atoms with E-state index in [2.05, 4.69) is 20.4 Å². The predicted octanol–water partition coefficient (Wildman–Crippen LogP) is 4.13. The zero-order valence-corrected chi connectivity index (χ0v) is 18.8. The number of hydrogen-bond donors (Lipinski definition) is 1. The van der Waals surface area contributed by atoms with Crippen LogP contribution in [-0.2, 0) is 11.3 Å². The summed E-state index contributed by atoms with van der Waals surface area (Å²) in [6, 6.07) is 13.5. The van der Waals surface area contributed by atoms with E-state index in [0.717, 1.165) is 24.6 Å². The van der Waals surface area contributed by atoms with Gasteiger partial charge in [0.05, 0.1) is 25.1 Å². The number of nitrogens with zero attached hydrogens (tertiary/aromatic N) is 4. The van der Waals surface area contributed by atoms with E-state index in [1.165, 1.54) is 43.2 Å². The molecule has 32 heavy (non-hydrogen) atoms. The maximum atomic E-state index is 13.5. The first-order valence-corrected chi connectivity index (χ1v) is 11.6. The molecule has 0 saturated carbocycles. The van der Waals surface area contributed by atoms with Crippen molar-refractivity contribution >= 4 is 23.4 Å². The molecular weight excluding hydrogens is 429 g/mol. The number of carbonyl (C=O) groups is 1. The van der Waals surface area contributed by atoms with Gasteiger partial charge in [0.15, 0.2) is 11.0 Å². The highest BCUT2D eigenvalue weighted by Crippen LogP contribution is 2.26. The smallest absolute Gasteiger partial charge is 0.234 e. The zero-order valence-electron chi connectivity index (χ0n) is 18.0. The molecule has 1 amide bonds. The van der Waals surface area contributed by atoms with Crippen molar-refractivity contribution in [3.63, 3.8) is 0 Å². The molecule has 1 N–H and O–H groups in total. The molecule has 2 heterocycles. The maximum absolute atomic E-state index is 13.5. The summed E-state index contributed by atoms with van der Waals surface area (Å²) in [4.78, 5) is 14.9. The number of benzene rings is 2. The number of methoxy groups -OCH3 is 1. The van der Waals surface area contributed by atoms with E-state index in [1.54, 1.807) is 31.4 Å². The van der Waals surface area contributed by atoms with E-state index in [1.807, 2.05) is 16.7 Å².